The largest absolute Gasteiger partial charge is 0.378 e. The number of ketones is 1. The van der Waals surface area contributed by atoms with Gasteiger partial charge in [0.05, 0.1) is 42.4 Å². The topological polar surface area (TPSA) is 97.3 Å². The van der Waals surface area contributed by atoms with E-state index in [9.17, 15) is 18.4 Å². The number of ether oxygens (including phenoxy) is 1. The number of fused-ring (bicyclic) bond motifs is 1. The maximum atomic E-state index is 15.2. The Morgan fingerprint density at radius 3 is 2.50 bits per heavy atom. The highest BCUT2D eigenvalue weighted by atomic mass is 19.1. The van der Waals surface area contributed by atoms with E-state index in [0.29, 0.717) is 43.2 Å². The zero-order valence-corrected chi connectivity index (χ0v) is 18.7. The van der Waals surface area contributed by atoms with E-state index in [1.807, 2.05) is 4.90 Å². The molecule has 1 N–H and O–H groups in total. The first kappa shape index (κ1) is 23.4. The third kappa shape index (κ3) is 4.73. The van der Waals surface area contributed by atoms with Crippen molar-refractivity contribution in [1.29, 1.82) is 0 Å². The molecule has 2 aromatic heterocycles. The lowest BCUT2D eigenvalue weighted by atomic mass is 10.0. The Hall–Kier alpha value is -4.38. The molecule has 11 heteroatoms. The highest BCUT2D eigenvalue weighted by molar-refractivity contribution is 6.10. The monoisotopic (exact) mass is 493 g/mol. The summed E-state index contributed by atoms with van der Waals surface area (Å²) in [6.07, 6.45) is 2.92. The van der Waals surface area contributed by atoms with Crippen LogP contribution in [-0.2, 0) is 4.74 Å². The number of nitrogens with zero attached hydrogens (tertiary/aromatic N) is 4. The standard InChI is InChI=1S/C25H18F3N5O3/c26-15-3-1-2-14(8-15)25(35)32-19-10-16(27)9-17(23(19)28)24(34)20-11-18-21(12-29-20)30-13-22(31-18)33-4-6-36-7-5-33/h1-3,8-13H,4-7H2,(H,32,35). The Morgan fingerprint density at radius 2 is 1.72 bits per heavy atom. The maximum absolute atomic E-state index is 15.2. The predicted octanol–water partition coefficient (Wildman–Crippen LogP) is 3.76. The first-order valence-corrected chi connectivity index (χ1v) is 11.0. The summed E-state index contributed by atoms with van der Waals surface area (Å²) < 4.78 is 48.3. The van der Waals surface area contributed by atoms with Gasteiger partial charge in [0.25, 0.3) is 5.91 Å². The number of anilines is 2. The van der Waals surface area contributed by atoms with Gasteiger partial charge in [0.1, 0.15) is 28.7 Å². The van der Waals surface area contributed by atoms with Crippen LogP contribution < -0.4 is 10.2 Å². The molecule has 0 spiro atoms. The van der Waals surface area contributed by atoms with Crippen molar-refractivity contribution >= 4 is 34.2 Å². The van der Waals surface area contributed by atoms with Crippen LogP contribution in [0.2, 0.25) is 0 Å². The molecule has 1 aliphatic rings. The molecule has 1 fully saturated rings. The van der Waals surface area contributed by atoms with Crippen molar-refractivity contribution in [3.8, 4) is 0 Å². The number of amides is 1. The van der Waals surface area contributed by atoms with Crippen LogP contribution >= 0.6 is 0 Å². The third-order valence-electron chi connectivity index (χ3n) is 5.60. The molecule has 0 atom stereocenters. The lowest BCUT2D eigenvalue weighted by Crippen LogP contribution is -2.36. The number of rotatable bonds is 5. The van der Waals surface area contributed by atoms with Crippen LogP contribution in [-0.4, -0.2) is 52.9 Å². The van der Waals surface area contributed by atoms with Crippen molar-refractivity contribution in [2.24, 2.45) is 0 Å². The molecular formula is C25H18F3N5O3. The van der Waals surface area contributed by atoms with Crippen LogP contribution in [0.5, 0.6) is 0 Å². The van der Waals surface area contributed by atoms with E-state index in [0.717, 1.165) is 24.3 Å². The molecule has 1 aliphatic heterocycles. The third-order valence-corrected chi connectivity index (χ3v) is 5.60. The van der Waals surface area contributed by atoms with Crippen LogP contribution in [0.4, 0.5) is 24.7 Å². The first-order chi connectivity index (χ1) is 17.4. The summed E-state index contributed by atoms with van der Waals surface area (Å²) in [5.74, 6) is -3.96. The number of morpholine rings is 1. The smallest absolute Gasteiger partial charge is 0.255 e. The minimum atomic E-state index is -1.15. The summed E-state index contributed by atoms with van der Waals surface area (Å²) in [5, 5.41) is 2.18. The molecule has 0 bridgehead atoms. The van der Waals surface area contributed by atoms with Crippen molar-refractivity contribution in [2.45, 2.75) is 0 Å². The van der Waals surface area contributed by atoms with Crippen molar-refractivity contribution in [1.82, 2.24) is 15.0 Å². The van der Waals surface area contributed by atoms with Crippen LogP contribution in [0.15, 0.2) is 54.9 Å². The van der Waals surface area contributed by atoms with E-state index in [4.69, 9.17) is 4.74 Å². The minimum absolute atomic E-state index is 0.0996. The SMILES string of the molecule is O=C(Nc1cc(F)cc(C(=O)c2cc3nc(N4CCOCC4)cnc3cn2)c1F)c1cccc(F)c1. The highest BCUT2D eigenvalue weighted by Crippen LogP contribution is 2.25. The number of halogens is 3. The number of hydrogen-bond acceptors (Lipinski definition) is 7. The van der Waals surface area contributed by atoms with Crippen LogP contribution in [0.1, 0.15) is 26.4 Å². The van der Waals surface area contributed by atoms with Gasteiger partial charge in [-0.05, 0) is 30.3 Å². The fourth-order valence-corrected chi connectivity index (χ4v) is 3.78. The second-order valence-corrected chi connectivity index (χ2v) is 7.99. The summed E-state index contributed by atoms with van der Waals surface area (Å²) in [5.41, 5.74) is -0.697. The van der Waals surface area contributed by atoms with Crippen molar-refractivity contribution in [3.05, 3.63) is 89.1 Å². The molecule has 182 valence electrons. The van der Waals surface area contributed by atoms with E-state index in [1.54, 1.807) is 6.20 Å². The molecule has 1 amide bonds. The summed E-state index contributed by atoms with van der Waals surface area (Å²) in [6, 6.07) is 7.51. The zero-order valence-electron chi connectivity index (χ0n) is 18.7. The lowest BCUT2D eigenvalue weighted by molar-refractivity contribution is 0.101. The molecule has 0 saturated carbocycles. The Labute approximate surface area is 202 Å². The van der Waals surface area contributed by atoms with Gasteiger partial charge in [-0.15, -0.1) is 0 Å². The van der Waals surface area contributed by atoms with Gasteiger partial charge in [0.2, 0.25) is 5.78 Å². The number of aromatic nitrogens is 3. The summed E-state index contributed by atoms with van der Waals surface area (Å²) in [6.45, 7) is 2.37. The van der Waals surface area contributed by atoms with Gasteiger partial charge in [0.15, 0.2) is 5.82 Å². The van der Waals surface area contributed by atoms with Gasteiger partial charge < -0.3 is 15.0 Å². The molecule has 4 aromatic rings. The quantitative estimate of drug-likeness (QED) is 0.423. The van der Waals surface area contributed by atoms with Crippen LogP contribution in [0, 0.1) is 17.5 Å². The molecule has 0 aliphatic carbocycles. The van der Waals surface area contributed by atoms with Crippen molar-refractivity contribution in [3.63, 3.8) is 0 Å². The zero-order chi connectivity index (χ0) is 25.2. The molecule has 0 radical (unpaired) electrons. The van der Waals surface area contributed by atoms with E-state index in [1.165, 1.54) is 24.4 Å². The van der Waals surface area contributed by atoms with Gasteiger partial charge in [-0.25, -0.2) is 23.1 Å². The van der Waals surface area contributed by atoms with Gasteiger partial charge in [-0.3, -0.25) is 14.6 Å². The molecule has 36 heavy (non-hydrogen) atoms. The summed E-state index contributed by atoms with van der Waals surface area (Å²) in [7, 11) is 0. The molecule has 2 aromatic carbocycles. The maximum Gasteiger partial charge on any atom is 0.255 e. The Balaban J connectivity index is 1.45. The number of carbonyl (C=O) groups excluding carboxylic acids is 2. The number of hydrogen-bond donors (Lipinski definition) is 1. The van der Waals surface area contributed by atoms with E-state index in [2.05, 4.69) is 20.3 Å². The van der Waals surface area contributed by atoms with E-state index in [-0.39, 0.29) is 11.3 Å². The fraction of sp³-hybridized carbons (Fsp3) is 0.160. The minimum Gasteiger partial charge on any atom is -0.378 e. The lowest BCUT2D eigenvalue weighted by Gasteiger charge is -2.27. The Kier molecular flexibility index (Phi) is 6.30. The Bertz CT molecular complexity index is 1490. The number of carbonyl (C=O) groups is 2. The van der Waals surface area contributed by atoms with Gasteiger partial charge in [-0.1, -0.05) is 6.07 Å². The van der Waals surface area contributed by atoms with Crippen LogP contribution in [0.3, 0.4) is 0 Å². The average molecular weight is 493 g/mol. The molecule has 5 rings (SSSR count). The Morgan fingerprint density at radius 1 is 0.917 bits per heavy atom. The fourth-order valence-electron chi connectivity index (χ4n) is 3.78. The molecule has 0 unspecified atom stereocenters. The van der Waals surface area contributed by atoms with E-state index < -0.39 is 40.4 Å². The predicted molar refractivity (Wildman–Crippen MR) is 125 cm³/mol. The molecule has 3 heterocycles. The number of pyridine rings is 1. The van der Waals surface area contributed by atoms with Gasteiger partial charge >= 0.3 is 0 Å². The summed E-state index contributed by atoms with van der Waals surface area (Å²) >= 11 is 0. The molecule has 1 saturated heterocycles. The second-order valence-electron chi connectivity index (χ2n) is 7.99. The average Bonchev–Trinajstić information content (AvgIpc) is 2.90. The summed E-state index contributed by atoms with van der Waals surface area (Å²) in [4.78, 5) is 40.4. The van der Waals surface area contributed by atoms with Gasteiger partial charge in [0, 0.05) is 24.7 Å². The van der Waals surface area contributed by atoms with E-state index >= 15 is 4.39 Å². The van der Waals surface area contributed by atoms with Gasteiger partial charge in [-0.2, -0.15) is 0 Å². The molecular weight excluding hydrogens is 475 g/mol. The second kappa shape index (κ2) is 9.70. The number of nitrogens with one attached hydrogen (secondary N) is 1. The highest BCUT2D eigenvalue weighted by Gasteiger charge is 2.22. The normalized spacial score (nSPS) is 13.6. The first-order valence-electron chi connectivity index (χ1n) is 11.0. The van der Waals surface area contributed by atoms with Crippen molar-refractivity contribution < 1.29 is 27.5 Å². The molecule has 8 nitrogen and oxygen atoms in total. The number of benzene rings is 2. The van der Waals surface area contributed by atoms with Crippen LogP contribution in [0.25, 0.3) is 11.0 Å². The van der Waals surface area contributed by atoms with Crippen molar-refractivity contribution in [2.75, 3.05) is 36.5 Å².